The number of nitrogens with zero attached hydrogens (tertiary/aromatic N) is 1. The van der Waals surface area contributed by atoms with Gasteiger partial charge < -0.3 is 4.42 Å². The van der Waals surface area contributed by atoms with Crippen LogP contribution in [0, 0.1) is 12.7 Å². The van der Waals surface area contributed by atoms with Crippen molar-refractivity contribution in [3.05, 3.63) is 29.4 Å². The largest absolute Gasteiger partial charge is 0.441 e. The molecule has 2 rings (SSSR count). The first-order chi connectivity index (χ1) is 6.59. The summed E-state index contributed by atoms with van der Waals surface area (Å²) in [5.74, 6) is 0.408. The number of fused-ring (bicyclic) bond motifs is 1. The molecule has 0 fully saturated rings. The van der Waals surface area contributed by atoms with E-state index in [9.17, 15) is 4.39 Å². The molecule has 74 valence electrons. The van der Waals surface area contributed by atoms with Gasteiger partial charge in [-0.05, 0) is 17.5 Å². The van der Waals surface area contributed by atoms with E-state index in [2.05, 4.69) is 4.98 Å². The molecule has 1 aromatic carbocycles. The minimum Gasteiger partial charge on any atom is -0.441 e. The van der Waals surface area contributed by atoms with E-state index in [1.54, 1.807) is 19.1 Å². The maximum absolute atomic E-state index is 13.8. The first-order valence-electron chi connectivity index (χ1n) is 4.65. The first kappa shape index (κ1) is 9.19. The third-order valence-electron chi connectivity index (χ3n) is 2.26. The molecule has 0 saturated carbocycles. The molecule has 0 N–H and O–H groups in total. The Hall–Kier alpha value is -1.38. The van der Waals surface area contributed by atoms with E-state index >= 15 is 0 Å². The number of benzene rings is 1. The van der Waals surface area contributed by atoms with E-state index in [4.69, 9.17) is 4.42 Å². The fourth-order valence-corrected chi connectivity index (χ4v) is 1.53. The van der Waals surface area contributed by atoms with Gasteiger partial charge in [-0.1, -0.05) is 19.9 Å². The summed E-state index contributed by atoms with van der Waals surface area (Å²) < 4.78 is 19.0. The second-order valence-corrected chi connectivity index (χ2v) is 3.70. The van der Waals surface area contributed by atoms with Crippen LogP contribution < -0.4 is 0 Å². The molecule has 0 amide bonds. The topological polar surface area (TPSA) is 26.0 Å². The molecule has 0 radical (unpaired) electrons. The van der Waals surface area contributed by atoms with Gasteiger partial charge in [-0.3, -0.25) is 0 Å². The highest BCUT2D eigenvalue weighted by atomic mass is 19.1. The summed E-state index contributed by atoms with van der Waals surface area (Å²) in [7, 11) is 0. The van der Waals surface area contributed by atoms with Crippen LogP contribution in [0.2, 0.25) is 0 Å². The summed E-state index contributed by atoms with van der Waals surface area (Å²) in [5, 5.41) is 0. The molecular weight excluding hydrogens is 181 g/mol. The van der Waals surface area contributed by atoms with Gasteiger partial charge in [0.2, 0.25) is 0 Å². The Labute approximate surface area is 81.8 Å². The number of aryl methyl sites for hydroxylation is 1. The molecule has 1 aromatic heterocycles. The standard InChI is InChI=1S/C11H12FNO/c1-6(2)8-4-5-9-11(10(8)12)13-7(3)14-9/h4-6H,1-3H3. The number of hydrogen-bond donors (Lipinski definition) is 0. The zero-order valence-corrected chi connectivity index (χ0v) is 8.47. The van der Waals surface area contributed by atoms with E-state index in [-0.39, 0.29) is 11.7 Å². The van der Waals surface area contributed by atoms with Crippen molar-refractivity contribution in [3.63, 3.8) is 0 Å². The van der Waals surface area contributed by atoms with Crippen molar-refractivity contribution in [1.82, 2.24) is 4.98 Å². The van der Waals surface area contributed by atoms with Gasteiger partial charge in [0, 0.05) is 6.92 Å². The highest BCUT2D eigenvalue weighted by molar-refractivity contribution is 5.74. The van der Waals surface area contributed by atoms with Gasteiger partial charge in [0.1, 0.15) is 5.52 Å². The summed E-state index contributed by atoms with van der Waals surface area (Å²) >= 11 is 0. The molecule has 0 aliphatic rings. The SMILES string of the molecule is Cc1nc2c(F)c(C(C)C)ccc2o1. The quantitative estimate of drug-likeness (QED) is 0.693. The van der Waals surface area contributed by atoms with Gasteiger partial charge >= 0.3 is 0 Å². The van der Waals surface area contributed by atoms with Gasteiger partial charge in [0.05, 0.1) is 0 Å². The van der Waals surface area contributed by atoms with E-state index in [1.165, 1.54) is 0 Å². The molecule has 2 nitrogen and oxygen atoms in total. The van der Waals surface area contributed by atoms with Crippen LogP contribution in [0.25, 0.3) is 11.1 Å². The second-order valence-electron chi connectivity index (χ2n) is 3.70. The van der Waals surface area contributed by atoms with Crippen molar-refractivity contribution in [2.45, 2.75) is 26.7 Å². The number of oxazole rings is 1. The summed E-state index contributed by atoms with van der Waals surface area (Å²) in [6.45, 7) is 5.63. The predicted molar refractivity (Wildman–Crippen MR) is 52.8 cm³/mol. The average molecular weight is 193 g/mol. The highest BCUT2D eigenvalue weighted by Crippen LogP contribution is 2.25. The van der Waals surface area contributed by atoms with Crippen molar-refractivity contribution in [1.29, 1.82) is 0 Å². The van der Waals surface area contributed by atoms with E-state index in [0.717, 1.165) is 0 Å². The smallest absolute Gasteiger partial charge is 0.192 e. The second kappa shape index (κ2) is 3.08. The Morgan fingerprint density at radius 3 is 2.71 bits per heavy atom. The van der Waals surface area contributed by atoms with Crippen LogP contribution in [0.3, 0.4) is 0 Å². The lowest BCUT2D eigenvalue weighted by Crippen LogP contribution is -1.93. The zero-order chi connectivity index (χ0) is 10.3. The Kier molecular flexibility index (Phi) is 2.02. The lowest BCUT2D eigenvalue weighted by atomic mass is 10.0. The third kappa shape index (κ3) is 1.29. The summed E-state index contributed by atoms with van der Waals surface area (Å²) in [6.07, 6.45) is 0. The fourth-order valence-electron chi connectivity index (χ4n) is 1.53. The van der Waals surface area contributed by atoms with Crippen molar-refractivity contribution < 1.29 is 8.81 Å². The minimum absolute atomic E-state index is 0.163. The molecule has 0 aliphatic heterocycles. The molecule has 0 aliphatic carbocycles. The van der Waals surface area contributed by atoms with E-state index in [1.807, 2.05) is 13.8 Å². The number of halogens is 1. The fraction of sp³-hybridized carbons (Fsp3) is 0.364. The number of aromatic nitrogens is 1. The molecule has 14 heavy (non-hydrogen) atoms. The van der Waals surface area contributed by atoms with Crippen LogP contribution in [-0.2, 0) is 0 Å². The van der Waals surface area contributed by atoms with Crippen LogP contribution in [-0.4, -0.2) is 4.98 Å². The molecular formula is C11H12FNO. The molecule has 2 aromatic rings. The molecule has 0 saturated heterocycles. The normalized spacial score (nSPS) is 11.5. The van der Waals surface area contributed by atoms with Gasteiger partial charge in [-0.15, -0.1) is 0 Å². The van der Waals surface area contributed by atoms with Gasteiger partial charge in [-0.2, -0.15) is 0 Å². The summed E-state index contributed by atoms with van der Waals surface area (Å²) in [5.41, 5.74) is 1.55. The van der Waals surface area contributed by atoms with Crippen LogP contribution in [0.1, 0.15) is 31.2 Å². The zero-order valence-electron chi connectivity index (χ0n) is 8.47. The van der Waals surface area contributed by atoms with E-state index < -0.39 is 0 Å². The summed E-state index contributed by atoms with van der Waals surface area (Å²) in [4.78, 5) is 4.01. The maximum atomic E-state index is 13.8. The molecule has 0 atom stereocenters. The van der Waals surface area contributed by atoms with Crippen LogP contribution in [0.5, 0.6) is 0 Å². The van der Waals surface area contributed by atoms with E-state index in [0.29, 0.717) is 22.6 Å². The van der Waals surface area contributed by atoms with Crippen molar-refractivity contribution >= 4 is 11.1 Å². The molecule has 3 heteroatoms. The molecule has 0 bridgehead atoms. The van der Waals surface area contributed by atoms with Gasteiger partial charge in [-0.25, -0.2) is 9.37 Å². The van der Waals surface area contributed by atoms with Gasteiger partial charge in [0.15, 0.2) is 17.3 Å². The molecule has 0 unspecified atom stereocenters. The average Bonchev–Trinajstić information content (AvgIpc) is 2.46. The van der Waals surface area contributed by atoms with Crippen molar-refractivity contribution in [2.75, 3.05) is 0 Å². The first-order valence-corrected chi connectivity index (χ1v) is 4.65. The number of rotatable bonds is 1. The van der Waals surface area contributed by atoms with Crippen molar-refractivity contribution in [3.8, 4) is 0 Å². The van der Waals surface area contributed by atoms with Gasteiger partial charge in [0.25, 0.3) is 0 Å². The lowest BCUT2D eigenvalue weighted by molar-refractivity contribution is 0.560. The van der Waals surface area contributed by atoms with Crippen LogP contribution in [0.15, 0.2) is 16.5 Å². The van der Waals surface area contributed by atoms with Crippen LogP contribution in [0.4, 0.5) is 4.39 Å². The predicted octanol–water partition coefficient (Wildman–Crippen LogP) is 3.40. The molecule has 1 heterocycles. The van der Waals surface area contributed by atoms with Crippen molar-refractivity contribution in [2.24, 2.45) is 0 Å². The Balaban J connectivity index is 2.74. The Morgan fingerprint density at radius 2 is 2.07 bits per heavy atom. The monoisotopic (exact) mass is 193 g/mol. The minimum atomic E-state index is -0.255. The Morgan fingerprint density at radius 1 is 1.36 bits per heavy atom. The third-order valence-corrected chi connectivity index (χ3v) is 2.26. The molecule has 0 spiro atoms. The lowest BCUT2D eigenvalue weighted by Gasteiger charge is -2.05. The maximum Gasteiger partial charge on any atom is 0.192 e. The Bertz CT molecular complexity index is 473. The van der Waals surface area contributed by atoms with Crippen LogP contribution >= 0.6 is 0 Å². The summed E-state index contributed by atoms with van der Waals surface area (Å²) in [6, 6.07) is 3.53. The number of hydrogen-bond acceptors (Lipinski definition) is 2. The highest BCUT2D eigenvalue weighted by Gasteiger charge is 2.13.